The summed E-state index contributed by atoms with van der Waals surface area (Å²) in [6.07, 6.45) is 1.73. The van der Waals surface area contributed by atoms with Gasteiger partial charge in [0.15, 0.2) is 11.5 Å². The summed E-state index contributed by atoms with van der Waals surface area (Å²) in [7, 11) is 0. The third kappa shape index (κ3) is 3.40. The van der Waals surface area contributed by atoms with Crippen LogP contribution in [-0.4, -0.2) is 41.8 Å². The molecule has 5 heteroatoms. The predicted octanol–water partition coefficient (Wildman–Crippen LogP) is 2.87. The zero-order valence-electron chi connectivity index (χ0n) is 13.6. The van der Waals surface area contributed by atoms with Gasteiger partial charge in [0.1, 0.15) is 0 Å². The highest BCUT2D eigenvalue weighted by molar-refractivity contribution is 5.98. The second kappa shape index (κ2) is 7.17. The van der Waals surface area contributed by atoms with E-state index in [0.29, 0.717) is 32.0 Å². The molecule has 1 aliphatic heterocycles. The number of ether oxygens (including phenoxy) is 1. The van der Waals surface area contributed by atoms with Crippen molar-refractivity contribution in [3.8, 4) is 11.5 Å². The lowest BCUT2D eigenvalue weighted by molar-refractivity contribution is 0.0783. The SMILES string of the molecule is CCOc1cc(C=NCCN2Cc3ccccc3C2=O)ccc1O. The van der Waals surface area contributed by atoms with Gasteiger partial charge < -0.3 is 14.7 Å². The van der Waals surface area contributed by atoms with Crippen LogP contribution in [0.1, 0.15) is 28.4 Å². The molecule has 0 aliphatic carbocycles. The monoisotopic (exact) mass is 324 g/mol. The van der Waals surface area contributed by atoms with Gasteiger partial charge in [0.2, 0.25) is 0 Å². The van der Waals surface area contributed by atoms with Crippen molar-refractivity contribution in [2.75, 3.05) is 19.7 Å². The summed E-state index contributed by atoms with van der Waals surface area (Å²) in [5.41, 5.74) is 2.72. The van der Waals surface area contributed by atoms with Gasteiger partial charge in [0.25, 0.3) is 5.91 Å². The van der Waals surface area contributed by atoms with Crippen LogP contribution in [0.5, 0.6) is 11.5 Å². The molecule has 3 rings (SSSR count). The third-order valence-electron chi connectivity index (χ3n) is 3.92. The van der Waals surface area contributed by atoms with Crippen molar-refractivity contribution in [1.29, 1.82) is 0 Å². The molecular weight excluding hydrogens is 304 g/mol. The highest BCUT2D eigenvalue weighted by atomic mass is 16.5. The average molecular weight is 324 g/mol. The number of fused-ring (bicyclic) bond motifs is 1. The van der Waals surface area contributed by atoms with Gasteiger partial charge in [-0.1, -0.05) is 18.2 Å². The van der Waals surface area contributed by atoms with Gasteiger partial charge in [-0.15, -0.1) is 0 Å². The first kappa shape index (κ1) is 16.1. The highest BCUT2D eigenvalue weighted by Gasteiger charge is 2.25. The van der Waals surface area contributed by atoms with Crippen molar-refractivity contribution in [3.63, 3.8) is 0 Å². The van der Waals surface area contributed by atoms with Gasteiger partial charge in [-0.05, 0) is 42.3 Å². The lowest BCUT2D eigenvalue weighted by Crippen LogP contribution is -2.26. The molecule has 0 saturated carbocycles. The Morgan fingerprint density at radius 3 is 2.92 bits per heavy atom. The molecule has 2 aromatic rings. The van der Waals surface area contributed by atoms with Crippen molar-refractivity contribution < 1.29 is 14.6 Å². The maximum Gasteiger partial charge on any atom is 0.254 e. The second-order valence-corrected chi connectivity index (χ2v) is 5.58. The molecule has 5 nitrogen and oxygen atoms in total. The normalized spacial score (nSPS) is 13.5. The van der Waals surface area contributed by atoms with E-state index in [0.717, 1.165) is 16.7 Å². The fraction of sp³-hybridized carbons (Fsp3) is 0.263. The molecule has 0 spiro atoms. The largest absolute Gasteiger partial charge is 0.504 e. The standard InChI is InChI=1S/C19H20N2O3/c1-2-24-18-11-14(7-8-17(18)22)12-20-9-10-21-13-15-5-3-4-6-16(15)19(21)23/h3-8,11-12,22H,2,9-10,13H2,1H3. The molecular formula is C19H20N2O3. The van der Waals surface area contributed by atoms with Gasteiger partial charge in [0.05, 0.1) is 13.2 Å². The first-order valence-electron chi connectivity index (χ1n) is 8.02. The van der Waals surface area contributed by atoms with Crippen molar-refractivity contribution >= 4 is 12.1 Å². The van der Waals surface area contributed by atoms with Crippen LogP contribution in [0.3, 0.4) is 0 Å². The molecule has 24 heavy (non-hydrogen) atoms. The number of hydrogen-bond donors (Lipinski definition) is 1. The number of nitrogens with zero attached hydrogens (tertiary/aromatic N) is 2. The Balaban J connectivity index is 1.57. The molecule has 0 atom stereocenters. The van der Waals surface area contributed by atoms with Crippen LogP contribution in [-0.2, 0) is 6.54 Å². The third-order valence-corrected chi connectivity index (χ3v) is 3.92. The molecule has 0 fully saturated rings. The Kier molecular flexibility index (Phi) is 4.79. The van der Waals surface area contributed by atoms with Crippen molar-refractivity contribution in [2.45, 2.75) is 13.5 Å². The van der Waals surface area contributed by atoms with Gasteiger partial charge in [-0.3, -0.25) is 9.79 Å². The molecule has 1 amide bonds. The van der Waals surface area contributed by atoms with Crippen LogP contribution in [0.4, 0.5) is 0 Å². The number of aromatic hydroxyl groups is 1. The predicted molar refractivity (Wildman–Crippen MR) is 92.9 cm³/mol. The van der Waals surface area contributed by atoms with E-state index in [-0.39, 0.29) is 11.7 Å². The quantitative estimate of drug-likeness (QED) is 0.831. The molecule has 1 N–H and O–H groups in total. The summed E-state index contributed by atoms with van der Waals surface area (Å²) in [5.74, 6) is 0.644. The van der Waals surface area contributed by atoms with E-state index in [1.165, 1.54) is 0 Å². The topological polar surface area (TPSA) is 62.1 Å². The molecule has 0 radical (unpaired) electrons. The Hall–Kier alpha value is -2.82. The van der Waals surface area contributed by atoms with E-state index in [2.05, 4.69) is 4.99 Å². The highest BCUT2D eigenvalue weighted by Crippen LogP contribution is 2.26. The lowest BCUT2D eigenvalue weighted by Gasteiger charge is -2.13. The number of carbonyl (C=O) groups is 1. The van der Waals surface area contributed by atoms with Gasteiger partial charge in [0, 0.05) is 24.9 Å². The lowest BCUT2D eigenvalue weighted by atomic mass is 10.1. The number of hydrogen-bond acceptors (Lipinski definition) is 4. The molecule has 0 aromatic heterocycles. The molecule has 0 bridgehead atoms. The van der Waals surface area contributed by atoms with Gasteiger partial charge in [-0.25, -0.2) is 0 Å². The minimum atomic E-state index is 0.0732. The van der Waals surface area contributed by atoms with Crippen LogP contribution in [0, 0.1) is 0 Å². The van der Waals surface area contributed by atoms with Crippen molar-refractivity contribution in [2.24, 2.45) is 4.99 Å². The Bertz CT molecular complexity index is 771. The fourth-order valence-electron chi connectivity index (χ4n) is 2.73. The van der Waals surface area contributed by atoms with E-state index in [9.17, 15) is 9.90 Å². The maximum atomic E-state index is 12.2. The minimum absolute atomic E-state index is 0.0732. The van der Waals surface area contributed by atoms with E-state index >= 15 is 0 Å². The number of carbonyl (C=O) groups excluding carboxylic acids is 1. The van der Waals surface area contributed by atoms with Crippen molar-refractivity contribution in [1.82, 2.24) is 4.90 Å². The maximum absolute atomic E-state index is 12.2. The van der Waals surface area contributed by atoms with Crippen LogP contribution < -0.4 is 4.74 Å². The van der Waals surface area contributed by atoms with Crippen molar-refractivity contribution in [3.05, 3.63) is 59.2 Å². The number of amides is 1. The van der Waals surface area contributed by atoms with Crippen LogP contribution in [0.25, 0.3) is 0 Å². The Morgan fingerprint density at radius 2 is 2.12 bits per heavy atom. The van der Waals surface area contributed by atoms with E-state index in [4.69, 9.17) is 4.74 Å². The van der Waals surface area contributed by atoms with E-state index in [1.54, 1.807) is 24.4 Å². The van der Waals surface area contributed by atoms with Gasteiger partial charge >= 0.3 is 0 Å². The van der Waals surface area contributed by atoms with Gasteiger partial charge in [-0.2, -0.15) is 0 Å². The first-order valence-corrected chi connectivity index (χ1v) is 8.02. The average Bonchev–Trinajstić information content (AvgIpc) is 2.91. The Labute approximate surface area is 141 Å². The first-order chi connectivity index (χ1) is 11.7. The molecule has 1 heterocycles. The summed E-state index contributed by atoms with van der Waals surface area (Å²) in [5, 5.41) is 9.68. The fourth-order valence-corrected chi connectivity index (χ4v) is 2.73. The molecule has 2 aromatic carbocycles. The molecule has 1 aliphatic rings. The van der Waals surface area contributed by atoms with Crippen LogP contribution >= 0.6 is 0 Å². The number of rotatable bonds is 6. The summed E-state index contributed by atoms with van der Waals surface area (Å²) < 4.78 is 5.35. The smallest absolute Gasteiger partial charge is 0.254 e. The summed E-state index contributed by atoms with van der Waals surface area (Å²) in [6.45, 7) is 4.13. The summed E-state index contributed by atoms with van der Waals surface area (Å²) in [6, 6.07) is 12.8. The zero-order chi connectivity index (χ0) is 16.9. The number of aliphatic imine (C=N–C) groups is 1. The molecule has 124 valence electrons. The van der Waals surface area contributed by atoms with E-state index < -0.39 is 0 Å². The van der Waals surface area contributed by atoms with Crippen LogP contribution in [0.2, 0.25) is 0 Å². The number of phenolic OH excluding ortho intramolecular Hbond substituents is 1. The summed E-state index contributed by atoms with van der Waals surface area (Å²) in [4.78, 5) is 18.4. The number of phenols is 1. The van der Waals surface area contributed by atoms with E-state index in [1.807, 2.05) is 36.1 Å². The minimum Gasteiger partial charge on any atom is -0.504 e. The number of benzene rings is 2. The zero-order valence-corrected chi connectivity index (χ0v) is 13.6. The van der Waals surface area contributed by atoms with Crippen LogP contribution in [0.15, 0.2) is 47.5 Å². The molecule has 0 unspecified atom stereocenters. The summed E-state index contributed by atoms with van der Waals surface area (Å²) >= 11 is 0. The molecule has 0 saturated heterocycles. The Morgan fingerprint density at radius 1 is 1.29 bits per heavy atom. The second-order valence-electron chi connectivity index (χ2n) is 5.58.